The van der Waals surface area contributed by atoms with Gasteiger partial charge in [-0.15, -0.1) is 0 Å². The minimum Gasteiger partial charge on any atom is -0.375 e. The highest BCUT2D eigenvalue weighted by Gasteiger charge is 2.20. The Kier molecular flexibility index (Phi) is 8.06. The summed E-state index contributed by atoms with van der Waals surface area (Å²) in [5, 5.41) is 3.13. The number of benzene rings is 1. The van der Waals surface area contributed by atoms with Gasteiger partial charge >= 0.3 is 0 Å². The molecule has 1 saturated heterocycles. The van der Waals surface area contributed by atoms with Crippen LogP contribution in [0.25, 0.3) is 5.65 Å². The summed E-state index contributed by atoms with van der Waals surface area (Å²) < 4.78 is 1.90. The van der Waals surface area contributed by atoms with E-state index in [0.29, 0.717) is 18.2 Å². The molecule has 1 aromatic carbocycles. The Morgan fingerprint density at radius 1 is 1.11 bits per heavy atom. The van der Waals surface area contributed by atoms with Gasteiger partial charge in [-0.3, -0.25) is 9.20 Å². The fourth-order valence-corrected chi connectivity index (χ4v) is 4.90. The van der Waals surface area contributed by atoms with Crippen molar-refractivity contribution in [3.8, 4) is 0 Å². The summed E-state index contributed by atoms with van der Waals surface area (Å²) in [4.78, 5) is 20.3. The van der Waals surface area contributed by atoms with Crippen LogP contribution in [0.15, 0.2) is 72.1 Å². The summed E-state index contributed by atoms with van der Waals surface area (Å²) in [6.45, 7) is 11.1. The number of aromatic nitrogens is 2. The molecule has 35 heavy (non-hydrogen) atoms. The highest BCUT2D eigenvalue weighted by Crippen LogP contribution is 2.29. The van der Waals surface area contributed by atoms with Crippen LogP contribution in [0, 0.1) is 6.92 Å². The number of pyridine rings is 1. The number of carbonyl (C=O) groups is 1. The van der Waals surface area contributed by atoms with Crippen LogP contribution in [0.2, 0.25) is 0 Å². The normalized spacial score (nSPS) is 15.6. The van der Waals surface area contributed by atoms with Gasteiger partial charge in [0.2, 0.25) is 0 Å². The molecule has 1 amide bonds. The van der Waals surface area contributed by atoms with Crippen molar-refractivity contribution in [2.24, 2.45) is 0 Å². The van der Waals surface area contributed by atoms with Gasteiger partial charge in [-0.2, -0.15) is 0 Å². The van der Waals surface area contributed by atoms with Crippen LogP contribution in [0.5, 0.6) is 0 Å². The summed E-state index contributed by atoms with van der Waals surface area (Å²) in [5.41, 5.74) is 7.41. The molecule has 0 bridgehead atoms. The van der Waals surface area contributed by atoms with Crippen LogP contribution in [0.3, 0.4) is 0 Å². The maximum absolute atomic E-state index is 13.1. The highest BCUT2D eigenvalue weighted by molar-refractivity contribution is 5.95. The Morgan fingerprint density at radius 2 is 1.86 bits per heavy atom. The second-order valence-corrected chi connectivity index (χ2v) is 9.53. The number of allylic oxidation sites excluding steroid dienone is 3. The molecule has 1 aliphatic rings. The maximum Gasteiger partial charge on any atom is 0.270 e. The van der Waals surface area contributed by atoms with Crippen molar-refractivity contribution in [3.63, 3.8) is 0 Å². The van der Waals surface area contributed by atoms with E-state index in [4.69, 9.17) is 0 Å². The number of nitrogens with zero attached hydrogens (tertiary/aromatic N) is 3. The summed E-state index contributed by atoms with van der Waals surface area (Å²) in [7, 11) is 0. The van der Waals surface area contributed by atoms with Crippen molar-refractivity contribution in [3.05, 3.63) is 94.6 Å². The predicted molar refractivity (Wildman–Crippen MR) is 144 cm³/mol. The Morgan fingerprint density at radius 3 is 2.54 bits per heavy atom. The maximum atomic E-state index is 13.1. The number of imidazole rings is 1. The first-order chi connectivity index (χ1) is 17.0. The summed E-state index contributed by atoms with van der Waals surface area (Å²) >= 11 is 0. The lowest BCUT2D eigenvalue weighted by Crippen LogP contribution is -2.31. The van der Waals surface area contributed by atoms with Crippen molar-refractivity contribution < 1.29 is 4.79 Å². The first-order valence-corrected chi connectivity index (χ1v) is 12.9. The third kappa shape index (κ3) is 5.84. The molecule has 1 N–H and O–H groups in total. The van der Waals surface area contributed by atoms with E-state index in [2.05, 4.69) is 71.5 Å². The number of fused-ring (bicyclic) bond motifs is 1. The molecule has 0 radical (unpaired) electrons. The number of piperidine rings is 1. The number of rotatable bonds is 8. The third-order valence-corrected chi connectivity index (χ3v) is 7.16. The van der Waals surface area contributed by atoms with Crippen molar-refractivity contribution in [1.29, 1.82) is 0 Å². The van der Waals surface area contributed by atoms with Crippen molar-refractivity contribution in [2.45, 2.75) is 59.3 Å². The molecule has 3 heterocycles. The van der Waals surface area contributed by atoms with E-state index in [1.54, 1.807) is 0 Å². The van der Waals surface area contributed by atoms with E-state index < -0.39 is 0 Å². The number of nitrogens with one attached hydrogen (secondary N) is 1. The lowest BCUT2D eigenvalue weighted by atomic mass is 9.89. The molecule has 184 valence electrons. The monoisotopic (exact) mass is 470 g/mol. The molecule has 5 nitrogen and oxygen atoms in total. The smallest absolute Gasteiger partial charge is 0.270 e. The van der Waals surface area contributed by atoms with Crippen LogP contribution in [-0.4, -0.2) is 39.8 Å². The summed E-state index contributed by atoms with van der Waals surface area (Å²) in [6, 6.07) is 14.9. The highest BCUT2D eigenvalue weighted by atomic mass is 16.1. The Bertz CT molecular complexity index is 1210. The lowest BCUT2D eigenvalue weighted by molar-refractivity contribution is 0.0950. The molecule has 4 rings (SSSR count). The lowest BCUT2D eigenvalue weighted by Gasteiger charge is -2.34. The van der Waals surface area contributed by atoms with Gasteiger partial charge in [0.1, 0.15) is 11.3 Å². The van der Waals surface area contributed by atoms with Crippen molar-refractivity contribution in [2.75, 3.05) is 19.6 Å². The molecule has 1 aliphatic heterocycles. The van der Waals surface area contributed by atoms with Crippen LogP contribution in [0.1, 0.15) is 73.3 Å². The second-order valence-electron chi connectivity index (χ2n) is 9.53. The van der Waals surface area contributed by atoms with Crippen molar-refractivity contribution in [1.82, 2.24) is 19.6 Å². The SMILES string of the molecule is CC/C(=C\C=C(/C)N1CCC(c2ccccc2)CC1)CNC(=O)c1c(CC)nc2cc(C)ccn12. The molecule has 0 atom stereocenters. The third-order valence-electron chi connectivity index (χ3n) is 7.16. The Balaban J connectivity index is 1.37. The molecular weight excluding hydrogens is 432 g/mol. The van der Waals surface area contributed by atoms with Crippen LogP contribution in [0.4, 0.5) is 0 Å². The molecule has 0 saturated carbocycles. The van der Waals surface area contributed by atoms with Gasteiger partial charge in [0.25, 0.3) is 5.91 Å². The standard InChI is InChI=1S/C30H38N4O/c1-5-24(13-12-23(4)33-17-15-26(16-18-33)25-10-8-7-9-11-25)21-31-30(35)29-27(6-2)32-28-20-22(3)14-19-34(28)29/h7-14,19-20,26H,5-6,15-18,21H2,1-4H3,(H,31,35)/b23-12+,24-13+. The van der Waals surface area contributed by atoms with Gasteiger partial charge < -0.3 is 10.2 Å². The van der Waals surface area contributed by atoms with E-state index in [-0.39, 0.29) is 5.91 Å². The second kappa shape index (κ2) is 11.4. The largest absolute Gasteiger partial charge is 0.375 e. The van der Waals surface area contributed by atoms with Crippen LogP contribution < -0.4 is 5.32 Å². The molecule has 3 aromatic rings. The van der Waals surface area contributed by atoms with E-state index in [0.717, 1.165) is 42.8 Å². The topological polar surface area (TPSA) is 49.6 Å². The zero-order valence-corrected chi connectivity index (χ0v) is 21.6. The zero-order chi connectivity index (χ0) is 24.8. The van der Waals surface area contributed by atoms with Gasteiger partial charge in [-0.05, 0) is 74.8 Å². The predicted octanol–water partition coefficient (Wildman–Crippen LogP) is 6.05. The van der Waals surface area contributed by atoms with Crippen LogP contribution >= 0.6 is 0 Å². The average Bonchev–Trinajstić information content (AvgIpc) is 3.26. The zero-order valence-electron chi connectivity index (χ0n) is 21.6. The van der Waals surface area contributed by atoms with E-state index >= 15 is 0 Å². The molecule has 0 unspecified atom stereocenters. The van der Waals surface area contributed by atoms with Gasteiger partial charge in [-0.1, -0.05) is 55.8 Å². The van der Waals surface area contributed by atoms with Gasteiger partial charge in [0.05, 0.1) is 5.69 Å². The molecule has 1 fully saturated rings. The number of hydrogen-bond acceptors (Lipinski definition) is 3. The molecule has 0 aliphatic carbocycles. The molecule has 0 spiro atoms. The van der Waals surface area contributed by atoms with Gasteiger partial charge in [0.15, 0.2) is 0 Å². The number of carbonyl (C=O) groups excluding carboxylic acids is 1. The number of amides is 1. The van der Waals surface area contributed by atoms with Crippen LogP contribution in [-0.2, 0) is 6.42 Å². The minimum atomic E-state index is -0.0683. The summed E-state index contributed by atoms with van der Waals surface area (Å²) in [6.07, 6.45) is 10.3. The number of hydrogen-bond donors (Lipinski definition) is 1. The molecule has 2 aromatic heterocycles. The first-order valence-electron chi connectivity index (χ1n) is 12.9. The Hall–Kier alpha value is -3.34. The molecular formula is C30H38N4O. The fourth-order valence-electron chi connectivity index (χ4n) is 4.90. The van der Waals surface area contributed by atoms with E-state index in [1.165, 1.54) is 29.7 Å². The Labute approximate surface area is 209 Å². The van der Waals surface area contributed by atoms with E-state index in [1.807, 2.05) is 36.6 Å². The first kappa shape index (κ1) is 24.8. The number of aryl methyl sites for hydroxylation is 2. The molecule has 5 heteroatoms. The quantitative estimate of drug-likeness (QED) is 0.408. The van der Waals surface area contributed by atoms with Gasteiger partial charge in [-0.25, -0.2) is 4.98 Å². The minimum absolute atomic E-state index is 0.0683. The van der Waals surface area contributed by atoms with E-state index in [9.17, 15) is 4.79 Å². The van der Waals surface area contributed by atoms with Crippen molar-refractivity contribution >= 4 is 11.6 Å². The fraction of sp³-hybridized carbons (Fsp3) is 0.400. The average molecular weight is 471 g/mol. The number of likely N-dealkylation sites (tertiary alicyclic amines) is 1. The van der Waals surface area contributed by atoms with Gasteiger partial charge in [0, 0.05) is 31.5 Å². The summed E-state index contributed by atoms with van der Waals surface area (Å²) in [5.74, 6) is 0.593.